The molecule has 1 unspecified atom stereocenters. The van der Waals surface area contributed by atoms with Crippen molar-refractivity contribution in [1.29, 1.82) is 0 Å². The number of amides is 1. The SMILES string of the molecule is CC(C)CC1([C@H](N2CC(C)(C)C(=O)N2)C(F)(F)F)C=Cc2ccccc2C1. The molecule has 3 rings (SSSR count). The van der Waals surface area contributed by atoms with E-state index >= 15 is 0 Å². The molecule has 27 heavy (non-hydrogen) atoms. The van der Waals surface area contributed by atoms with Gasteiger partial charge in [0.05, 0.1) is 5.41 Å². The number of nitrogens with zero attached hydrogens (tertiary/aromatic N) is 1. The van der Waals surface area contributed by atoms with Gasteiger partial charge in [-0.1, -0.05) is 50.3 Å². The van der Waals surface area contributed by atoms with Crippen LogP contribution in [0.1, 0.15) is 45.2 Å². The van der Waals surface area contributed by atoms with E-state index in [9.17, 15) is 18.0 Å². The first-order valence-corrected chi connectivity index (χ1v) is 9.36. The number of carbonyl (C=O) groups excluding carboxylic acids is 1. The summed E-state index contributed by atoms with van der Waals surface area (Å²) in [5.74, 6) is -0.285. The third-order valence-electron chi connectivity index (χ3n) is 5.55. The molecule has 1 fully saturated rings. The second-order valence-corrected chi connectivity index (χ2v) is 8.94. The summed E-state index contributed by atoms with van der Waals surface area (Å²) in [5, 5.41) is 1.13. The molecule has 1 N–H and O–H groups in total. The van der Waals surface area contributed by atoms with Crippen molar-refractivity contribution >= 4 is 12.0 Å². The van der Waals surface area contributed by atoms with E-state index < -0.39 is 23.0 Å². The van der Waals surface area contributed by atoms with Gasteiger partial charge in [-0.15, -0.1) is 0 Å². The molecule has 1 saturated heterocycles. The van der Waals surface area contributed by atoms with E-state index in [2.05, 4.69) is 5.43 Å². The lowest BCUT2D eigenvalue weighted by atomic mass is 9.66. The topological polar surface area (TPSA) is 32.3 Å². The van der Waals surface area contributed by atoms with Crippen LogP contribution in [-0.2, 0) is 11.2 Å². The third-order valence-corrected chi connectivity index (χ3v) is 5.55. The first-order valence-electron chi connectivity index (χ1n) is 9.36. The molecule has 0 bridgehead atoms. The Balaban J connectivity index is 2.08. The summed E-state index contributed by atoms with van der Waals surface area (Å²) in [6.07, 6.45) is -0.253. The first kappa shape index (κ1) is 19.9. The zero-order valence-corrected chi connectivity index (χ0v) is 16.2. The number of nitrogens with one attached hydrogen (secondary N) is 1. The molecule has 1 aliphatic carbocycles. The van der Waals surface area contributed by atoms with Gasteiger partial charge in [0.25, 0.3) is 0 Å². The van der Waals surface area contributed by atoms with E-state index in [0.29, 0.717) is 12.8 Å². The van der Waals surface area contributed by atoms with Crippen molar-refractivity contribution in [1.82, 2.24) is 10.4 Å². The average molecular weight is 380 g/mol. The molecule has 0 aromatic heterocycles. The maximum absolute atomic E-state index is 14.4. The maximum atomic E-state index is 14.4. The predicted octanol–water partition coefficient (Wildman–Crippen LogP) is 4.59. The largest absolute Gasteiger partial charge is 0.406 e. The molecule has 2 aliphatic rings. The highest BCUT2D eigenvalue weighted by molar-refractivity contribution is 5.83. The van der Waals surface area contributed by atoms with Crippen molar-refractivity contribution in [2.75, 3.05) is 6.54 Å². The Hall–Kier alpha value is -1.82. The number of alkyl halides is 3. The molecule has 1 aliphatic heterocycles. The van der Waals surface area contributed by atoms with Gasteiger partial charge in [0.1, 0.15) is 6.04 Å². The lowest BCUT2D eigenvalue weighted by Crippen LogP contribution is -2.59. The molecule has 1 aromatic carbocycles. The highest BCUT2D eigenvalue weighted by Crippen LogP contribution is 2.49. The van der Waals surface area contributed by atoms with E-state index in [0.717, 1.165) is 16.1 Å². The van der Waals surface area contributed by atoms with Gasteiger partial charge in [0.15, 0.2) is 0 Å². The number of hydrazine groups is 1. The molecule has 6 heteroatoms. The maximum Gasteiger partial charge on any atom is 0.406 e. The van der Waals surface area contributed by atoms with Crippen LogP contribution in [-0.4, -0.2) is 29.7 Å². The van der Waals surface area contributed by atoms with Crippen molar-refractivity contribution in [3.05, 3.63) is 41.5 Å². The minimum Gasteiger partial charge on any atom is -0.288 e. The van der Waals surface area contributed by atoms with Crippen LogP contribution in [0.3, 0.4) is 0 Å². The van der Waals surface area contributed by atoms with Crippen LogP contribution in [0.4, 0.5) is 13.2 Å². The van der Waals surface area contributed by atoms with Gasteiger partial charge in [-0.3, -0.25) is 10.2 Å². The molecule has 1 aromatic rings. The molecule has 0 radical (unpaired) electrons. The van der Waals surface area contributed by atoms with Gasteiger partial charge in [-0.2, -0.15) is 13.2 Å². The van der Waals surface area contributed by atoms with Crippen LogP contribution in [0, 0.1) is 16.7 Å². The van der Waals surface area contributed by atoms with Gasteiger partial charge in [-0.05, 0) is 43.7 Å². The Kier molecular flexibility index (Phi) is 4.91. The molecule has 2 atom stereocenters. The molecule has 3 nitrogen and oxygen atoms in total. The summed E-state index contributed by atoms with van der Waals surface area (Å²) >= 11 is 0. The summed E-state index contributed by atoms with van der Waals surface area (Å²) in [4.78, 5) is 12.2. The lowest BCUT2D eigenvalue weighted by Gasteiger charge is -2.46. The second kappa shape index (κ2) is 6.66. The van der Waals surface area contributed by atoms with Crippen molar-refractivity contribution in [3.8, 4) is 0 Å². The third kappa shape index (κ3) is 3.77. The molecule has 148 valence electrons. The van der Waals surface area contributed by atoms with Gasteiger partial charge in [-0.25, -0.2) is 5.01 Å². The Morgan fingerprint density at radius 3 is 2.44 bits per heavy atom. The fourth-order valence-corrected chi connectivity index (χ4v) is 4.51. The Labute approximate surface area is 158 Å². The van der Waals surface area contributed by atoms with Crippen LogP contribution >= 0.6 is 0 Å². The van der Waals surface area contributed by atoms with E-state index in [1.807, 2.05) is 44.2 Å². The smallest absolute Gasteiger partial charge is 0.288 e. The van der Waals surface area contributed by atoms with Gasteiger partial charge in [0, 0.05) is 12.0 Å². The molecular weight excluding hydrogens is 353 g/mol. The van der Waals surface area contributed by atoms with Crippen LogP contribution in [0.5, 0.6) is 0 Å². The fourth-order valence-electron chi connectivity index (χ4n) is 4.51. The fraction of sp³-hybridized carbons (Fsp3) is 0.571. The van der Waals surface area contributed by atoms with E-state index in [1.165, 1.54) is 0 Å². The van der Waals surface area contributed by atoms with Gasteiger partial charge < -0.3 is 0 Å². The first-order chi connectivity index (χ1) is 12.4. The Bertz CT molecular complexity index is 754. The normalized spacial score (nSPS) is 26.1. The zero-order valence-electron chi connectivity index (χ0n) is 16.2. The monoisotopic (exact) mass is 380 g/mol. The standard InChI is InChI=1S/C21H27F3N2O/c1-14(2)11-20(10-9-15-7-5-6-8-16(15)12-20)17(21(22,23)24)26-13-19(3,4)18(27)25-26/h5-10,14,17H,11-13H2,1-4H3,(H,25,27)/t17-,20?/m0/s1. The van der Waals surface area contributed by atoms with E-state index in [-0.39, 0.29) is 18.4 Å². The van der Waals surface area contributed by atoms with Gasteiger partial charge >= 0.3 is 6.18 Å². The number of hydrogen-bond donors (Lipinski definition) is 1. The minimum atomic E-state index is -4.47. The molecule has 0 spiro atoms. The predicted molar refractivity (Wildman–Crippen MR) is 99.5 cm³/mol. The number of fused-ring (bicyclic) bond motifs is 1. The molecule has 1 amide bonds. The summed E-state index contributed by atoms with van der Waals surface area (Å²) < 4.78 is 43.1. The van der Waals surface area contributed by atoms with Crippen molar-refractivity contribution in [2.45, 2.75) is 52.8 Å². The van der Waals surface area contributed by atoms with Gasteiger partial charge in [0.2, 0.25) is 5.91 Å². The van der Waals surface area contributed by atoms with Crippen LogP contribution in [0.25, 0.3) is 6.08 Å². The quantitative estimate of drug-likeness (QED) is 0.828. The van der Waals surface area contributed by atoms with Crippen molar-refractivity contribution in [3.63, 3.8) is 0 Å². The minimum absolute atomic E-state index is 0.0331. The van der Waals surface area contributed by atoms with Crippen LogP contribution in [0.2, 0.25) is 0 Å². The number of rotatable bonds is 4. The molecule has 0 saturated carbocycles. The highest BCUT2D eigenvalue weighted by atomic mass is 19.4. The van der Waals surface area contributed by atoms with E-state index in [1.54, 1.807) is 19.9 Å². The van der Waals surface area contributed by atoms with Crippen LogP contribution in [0.15, 0.2) is 30.3 Å². The Morgan fingerprint density at radius 2 is 1.89 bits per heavy atom. The van der Waals surface area contributed by atoms with Crippen molar-refractivity contribution < 1.29 is 18.0 Å². The highest BCUT2D eigenvalue weighted by Gasteiger charge is 2.59. The van der Waals surface area contributed by atoms with Crippen LogP contribution < -0.4 is 5.43 Å². The summed E-state index contributed by atoms with van der Waals surface area (Å²) in [6, 6.07) is 5.80. The molecular formula is C21H27F3N2O. The summed E-state index contributed by atoms with van der Waals surface area (Å²) in [5.41, 5.74) is 2.41. The average Bonchev–Trinajstić information content (AvgIpc) is 2.77. The second-order valence-electron chi connectivity index (χ2n) is 8.94. The lowest BCUT2D eigenvalue weighted by molar-refractivity contribution is -0.216. The van der Waals surface area contributed by atoms with E-state index in [4.69, 9.17) is 0 Å². The molecule has 1 heterocycles. The Morgan fingerprint density at radius 1 is 1.22 bits per heavy atom. The number of benzene rings is 1. The number of halogens is 3. The summed E-state index contributed by atoms with van der Waals surface area (Å²) in [7, 11) is 0. The number of hydrogen-bond acceptors (Lipinski definition) is 2. The number of carbonyl (C=O) groups is 1. The van der Waals surface area contributed by atoms with Crippen molar-refractivity contribution in [2.24, 2.45) is 16.7 Å². The summed E-state index contributed by atoms with van der Waals surface area (Å²) in [6.45, 7) is 7.27. The zero-order chi connectivity index (χ0) is 20.0.